The lowest BCUT2D eigenvalue weighted by atomic mass is 9.91. The number of nitrogens with zero attached hydrogens (tertiary/aromatic N) is 3. The zero-order chi connectivity index (χ0) is 15.5. The number of hydrogen-bond acceptors (Lipinski definition) is 8. The summed E-state index contributed by atoms with van der Waals surface area (Å²) in [6.45, 7) is 1.84. The van der Waals surface area contributed by atoms with Gasteiger partial charge in [0.15, 0.2) is 0 Å². The number of aromatic hydroxyl groups is 1. The lowest BCUT2D eigenvalue weighted by molar-refractivity contribution is -0.107. The van der Waals surface area contributed by atoms with Crippen LogP contribution in [0.5, 0.6) is 5.88 Å². The topological polar surface area (TPSA) is 124 Å². The summed E-state index contributed by atoms with van der Waals surface area (Å²) in [6.07, 6.45) is -1.38. The molecule has 0 saturated carbocycles. The van der Waals surface area contributed by atoms with Crippen molar-refractivity contribution in [3.63, 3.8) is 0 Å². The lowest BCUT2D eigenvalue weighted by Gasteiger charge is -2.26. The van der Waals surface area contributed by atoms with Crippen molar-refractivity contribution in [2.75, 3.05) is 19.1 Å². The van der Waals surface area contributed by atoms with Gasteiger partial charge in [0, 0.05) is 0 Å². The van der Waals surface area contributed by atoms with Gasteiger partial charge in [-0.15, -0.1) is 5.10 Å². The molecule has 2 aliphatic rings. The van der Waals surface area contributed by atoms with Gasteiger partial charge in [-0.3, -0.25) is 0 Å². The van der Waals surface area contributed by atoms with E-state index >= 15 is 0 Å². The van der Waals surface area contributed by atoms with Gasteiger partial charge in [0.05, 0.1) is 12.3 Å². The number of nitrogens with two attached hydrogens (primary N) is 1. The Morgan fingerprint density at radius 2 is 2.32 bits per heavy atom. The summed E-state index contributed by atoms with van der Waals surface area (Å²) in [7, 11) is 0. The van der Waals surface area contributed by atoms with E-state index in [4.69, 9.17) is 19.9 Å². The second kappa shape index (κ2) is 4.53. The number of rotatable bonds is 2. The van der Waals surface area contributed by atoms with Gasteiger partial charge in [-0.1, -0.05) is 0 Å². The number of aromatic nitrogens is 3. The molecule has 4 N–H and O–H groups in total. The fourth-order valence-corrected chi connectivity index (χ4v) is 3.28. The zero-order valence-electron chi connectivity index (χ0n) is 11.8. The van der Waals surface area contributed by atoms with Gasteiger partial charge in [-0.2, -0.15) is 4.98 Å². The van der Waals surface area contributed by atoms with Gasteiger partial charge in [0.2, 0.25) is 11.8 Å². The van der Waals surface area contributed by atoms with Gasteiger partial charge < -0.3 is 30.2 Å². The first-order valence-electron chi connectivity index (χ1n) is 6.90. The molecular weight excluding hydrogens is 292 g/mol. The number of hydrogen-bond donors (Lipinski definition) is 3. The number of fused-ring (bicyclic) bond motifs is 2. The molecule has 2 aromatic heterocycles. The first-order chi connectivity index (χ1) is 10.5. The molecule has 4 atom stereocenters. The number of aliphatic hydroxyl groups is 1. The summed E-state index contributed by atoms with van der Waals surface area (Å²) in [5, 5.41) is 23.5. The smallest absolute Gasteiger partial charge is 0.241 e. The molecule has 4 heterocycles. The normalized spacial score (nSPS) is 34.4. The molecule has 2 aliphatic heterocycles. The summed E-state index contributed by atoms with van der Waals surface area (Å²) >= 11 is 0. The first kappa shape index (κ1) is 13.7. The number of aliphatic hydroxyl groups excluding tert-OH is 1. The third kappa shape index (κ3) is 1.67. The van der Waals surface area contributed by atoms with Crippen molar-refractivity contribution in [3.05, 3.63) is 17.8 Å². The van der Waals surface area contributed by atoms with Crippen LogP contribution in [0, 0.1) is 0 Å². The Labute approximate surface area is 125 Å². The van der Waals surface area contributed by atoms with Crippen molar-refractivity contribution in [3.8, 4) is 5.88 Å². The Bertz CT molecular complexity index is 735. The van der Waals surface area contributed by atoms with Crippen LogP contribution in [0.2, 0.25) is 0 Å². The highest BCUT2D eigenvalue weighted by Gasteiger charge is 2.59. The highest BCUT2D eigenvalue weighted by molar-refractivity contribution is 5.58. The number of nitrogen functional groups attached to an aromatic ring is 1. The van der Waals surface area contributed by atoms with Crippen LogP contribution in [-0.4, -0.2) is 56.0 Å². The minimum absolute atomic E-state index is 0.0514. The van der Waals surface area contributed by atoms with Crippen LogP contribution in [0.15, 0.2) is 12.1 Å². The quantitative estimate of drug-likeness (QED) is 0.683. The molecule has 0 aromatic carbocycles. The standard InChI is InChI=1S/C13H16N4O5/c1-13-9(22-8(4-18)10(13)20-5-21-13)6-2-3-7-11(19)15-12(14)16-17(6)7/h2-3,8-10,18H,4-5H2,1H3,(H3,14,15,16,19)/t8-,9+,10-,13+/m1/s1. The maximum absolute atomic E-state index is 9.87. The Morgan fingerprint density at radius 3 is 3.09 bits per heavy atom. The molecule has 118 valence electrons. The van der Waals surface area contributed by atoms with E-state index in [1.165, 1.54) is 4.52 Å². The molecule has 2 fully saturated rings. The summed E-state index contributed by atoms with van der Waals surface area (Å²) < 4.78 is 18.7. The van der Waals surface area contributed by atoms with E-state index in [2.05, 4.69) is 10.1 Å². The predicted molar refractivity (Wildman–Crippen MR) is 73.0 cm³/mol. The molecule has 0 bridgehead atoms. The van der Waals surface area contributed by atoms with Gasteiger partial charge >= 0.3 is 0 Å². The predicted octanol–water partition coefficient (Wildman–Crippen LogP) is -0.419. The van der Waals surface area contributed by atoms with E-state index in [-0.39, 0.29) is 31.3 Å². The maximum Gasteiger partial charge on any atom is 0.241 e. The fourth-order valence-electron chi connectivity index (χ4n) is 3.28. The molecule has 2 saturated heterocycles. The van der Waals surface area contributed by atoms with E-state index in [9.17, 15) is 10.2 Å². The van der Waals surface area contributed by atoms with Crippen molar-refractivity contribution in [2.24, 2.45) is 0 Å². The third-order valence-electron chi connectivity index (χ3n) is 4.34. The summed E-state index contributed by atoms with van der Waals surface area (Å²) in [6, 6.07) is 3.44. The van der Waals surface area contributed by atoms with Crippen LogP contribution in [0.3, 0.4) is 0 Å². The SMILES string of the molecule is C[C@@]12OCO[C@@H]1[C@@H](CO)O[C@H]2c1ccc2c(O)nc(N)nn12. The molecular formula is C13H16N4O5. The Balaban J connectivity index is 1.85. The van der Waals surface area contributed by atoms with Crippen molar-refractivity contribution in [1.29, 1.82) is 0 Å². The monoisotopic (exact) mass is 308 g/mol. The Morgan fingerprint density at radius 1 is 1.50 bits per heavy atom. The molecule has 0 aliphatic carbocycles. The summed E-state index contributed by atoms with van der Waals surface area (Å²) in [5.41, 5.74) is 5.91. The minimum atomic E-state index is -0.753. The molecule has 0 radical (unpaired) electrons. The molecule has 22 heavy (non-hydrogen) atoms. The Kier molecular flexibility index (Phi) is 2.82. The van der Waals surface area contributed by atoms with Crippen molar-refractivity contribution < 1.29 is 24.4 Å². The molecule has 2 aromatic rings. The minimum Gasteiger partial charge on any atom is -0.492 e. The second-order valence-corrected chi connectivity index (χ2v) is 5.62. The molecule has 9 nitrogen and oxygen atoms in total. The van der Waals surface area contributed by atoms with Crippen molar-refractivity contribution in [2.45, 2.75) is 30.8 Å². The van der Waals surface area contributed by atoms with Crippen LogP contribution >= 0.6 is 0 Å². The summed E-state index contributed by atoms with van der Waals surface area (Å²) in [5.74, 6) is -0.259. The summed E-state index contributed by atoms with van der Waals surface area (Å²) in [4.78, 5) is 3.72. The van der Waals surface area contributed by atoms with Gasteiger partial charge in [-0.25, -0.2) is 4.52 Å². The maximum atomic E-state index is 9.87. The molecule has 4 rings (SSSR count). The lowest BCUT2D eigenvalue weighted by Crippen LogP contribution is -2.40. The van der Waals surface area contributed by atoms with Crippen LogP contribution in [0.4, 0.5) is 5.95 Å². The van der Waals surface area contributed by atoms with Crippen molar-refractivity contribution in [1.82, 2.24) is 14.6 Å². The van der Waals surface area contributed by atoms with E-state index in [0.29, 0.717) is 11.2 Å². The first-order valence-corrected chi connectivity index (χ1v) is 6.90. The zero-order valence-corrected chi connectivity index (χ0v) is 11.8. The van der Waals surface area contributed by atoms with E-state index in [0.717, 1.165) is 0 Å². The van der Waals surface area contributed by atoms with Crippen LogP contribution in [-0.2, 0) is 14.2 Å². The van der Waals surface area contributed by atoms with E-state index in [1.54, 1.807) is 12.1 Å². The average Bonchev–Trinajstić information content (AvgIpc) is 3.10. The van der Waals surface area contributed by atoms with Crippen molar-refractivity contribution >= 4 is 11.5 Å². The largest absolute Gasteiger partial charge is 0.492 e. The average molecular weight is 308 g/mol. The molecule has 9 heteroatoms. The fraction of sp³-hybridized carbons (Fsp3) is 0.538. The number of anilines is 1. The highest BCUT2D eigenvalue weighted by atomic mass is 16.8. The molecule has 0 spiro atoms. The number of ether oxygens (including phenoxy) is 3. The van der Waals surface area contributed by atoms with Gasteiger partial charge in [-0.05, 0) is 19.1 Å². The molecule has 0 amide bonds. The highest BCUT2D eigenvalue weighted by Crippen LogP contribution is 2.48. The van der Waals surface area contributed by atoms with Gasteiger partial charge in [0.1, 0.15) is 36.2 Å². The second-order valence-electron chi connectivity index (χ2n) is 5.62. The van der Waals surface area contributed by atoms with Crippen LogP contribution in [0.25, 0.3) is 5.52 Å². The third-order valence-corrected chi connectivity index (χ3v) is 4.34. The van der Waals surface area contributed by atoms with Gasteiger partial charge in [0.25, 0.3) is 0 Å². The van der Waals surface area contributed by atoms with Crippen LogP contribution in [0.1, 0.15) is 18.7 Å². The van der Waals surface area contributed by atoms with E-state index < -0.39 is 17.8 Å². The molecule has 0 unspecified atom stereocenters. The van der Waals surface area contributed by atoms with Crippen LogP contribution < -0.4 is 5.73 Å². The Hall–Kier alpha value is -1.94. The van der Waals surface area contributed by atoms with E-state index in [1.807, 2.05) is 6.92 Å².